The summed E-state index contributed by atoms with van der Waals surface area (Å²) in [7, 11) is -2.89. The van der Waals surface area contributed by atoms with Crippen LogP contribution < -0.4 is 5.32 Å². The maximum absolute atomic E-state index is 11.1. The lowest BCUT2D eigenvalue weighted by Crippen LogP contribution is -2.22. The van der Waals surface area contributed by atoms with Crippen molar-refractivity contribution in [1.82, 2.24) is 10.3 Å². The Bertz CT molecular complexity index is 459. The molecule has 1 rings (SSSR count). The van der Waals surface area contributed by atoms with E-state index >= 15 is 0 Å². The largest absolute Gasteiger partial charge is 0.309 e. The molecule has 0 fully saturated rings. The molecule has 1 heterocycles. The van der Waals surface area contributed by atoms with Crippen molar-refractivity contribution in [3.8, 4) is 0 Å². The minimum absolute atomic E-state index is 0.0778. The first-order valence-corrected chi connectivity index (χ1v) is 8.39. The van der Waals surface area contributed by atoms with Crippen molar-refractivity contribution in [2.24, 2.45) is 0 Å². The Balaban J connectivity index is 2.62. The van der Waals surface area contributed by atoms with E-state index in [1.807, 2.05) is 13.0 Å². The first-order valence-electron chi connectivity index (χ1n) is 5.95. The topological polar surface area (TPSA) is 59.1 Å². The van der Waals surface area contributed by atoms with Gasteiger partial charge in [0, 0.05) is 24.2 Å². The predicted molar refractivity (Wildman–Crippen MR) is 74.6 cm³/mol. The Morgan fingerprint density at radius 1 is 1.44 bits per heavy atom. The fourth-order valence-electron chi connectivity index (χ4n) is 1.74. The summed E-state index contributed by atoms with van der Waals surface area (Å²) in [6.45, 7) is 2.83. The second-order valence-corrected chi connectivity index (χ2v) is 6.98. The monoisotopic (exact) mass is 290 g/mol. The molecule has 0 aromatic carbocycles. The van der Waals surface area contributed by atoms with Crippen LogP contribution >= 0.6 is 11.6 Å². The Labute approximate surface area is 114 Å². The minimum Gasteiger partial charge on any atom is -0.309 e. The van der Waals surface area contributed by atoms with Gasteiger partial charge in [-0.3, -0.25) is 4.98 Å². The summed E-state index contributed by atoms with van der Waals surface area (Å²) in [6, 6.07) is 3.75. The molecule has 6 heteroatoms. The summed E-state index contributed by atoms with van der Waals surface area (Å²) in [5.74, 6) is 0.211. The number of hydrogen-bond donors (Lipinski definition) is 1. The molecule has 1 N–H and O–H groups in total. The highest BCUT2D eigenvalue weighted by molar-refractivity contribution is 7.90. The summed E-state index contributed by atoms with van der Waals surface area (Å²) >= 11 is 5.80. The number of rotatable bonds is 7. The van der Waals surface area contributed by atoms with E-state index in [1.54, 1.807) is 12.3 Å². The zero-order valence-electron chi connectivity index (χ0n) is 10.7. The number of pyridine rings is 1. The summed E-state index contributed by atoms with van der Waals surface area (Å²) < 4.78 is 22.2. The molecule has 0 aliphatic heterocycles. The summed E-state index contributed by atoms with van der Waals surface area (Å²) in [4.78, 5) is 4.27. The van der Waals surface area contributed by atoms with E-state index in [1.165, 1.54) is 6.26 Å². The van der Waals surface area contributed by atoms with Gasteiger partial charge < -0.3 is 5.32 Å². The summed E-state index contributed by atoms with van der Waals surface area (Å²) in [6.07, 6.45) is 4.24. The number of nitrogens with zero attached hydrogens (tertiary/aromatic N) is 1. The normalized spacial score (nSPS) is 13.5. The van der Waals surface area contributed by atoms with Crippen LogP contribution in [0, 0.1) is 0 Å². The molecule has 1 atom stereocenters. The molecule has 4 nitrogen and oxygen atoms in total. The molecule has 0 spiro atoms. The van der Waals surface area contributed by atoms with E-state index in [4.69, 9.17) is 11.6 Å². The summed E-state index contributed by atoms with van der Waals surface area (Å²) in [5.41, 5.74) is 0.898. The van der Waals surface area contributed by atoms with Crippen LogP contribution in [0.3, 0.4) is 0 Å². The molecular weight excluding hydrogens is 272 g/mol. The zero-order chi connectivity index (χ0) is 13.6. The van der Waals surface area contributed by atoms with Crippen LogP contribution in [-0.4, -0.2) is 32.0 Å². The average molecular weight is 291 g/mol. The molecule has 0 saturated carbocycles. The van der Waals surface area contributed by atoms with Gasteiger partial charge in [0.2, 0.25) is 0 Å². The first-order chi connectivity index (χ1) is 8.42. The van der Waals surface area contributed by atoms with Gasteiger partial charge in [0.05, 0.1) is 10.7 Å². The molecule has 0 aliphatic rings. The standard InChI is InChI=1S/C12H19ClN2O2S/c1-3-14-11(5-4-8-18(2,16)17)12-7-6-10(13)9-15-12/h6-7,9,11,14H,3-5,8H2,1-2H3. The third kappa shape index (κ3) is 5.80. The third-order valence-electron chi connectivity index (χ3n) is 2.57. The second-order valence-electron chi connectivity index (χ2n) is 4.28. The maximum atomic E-state index is 11.1. The van der Waals surface area contributed by atoms with Gasteiger partial charge in [-0.25, -0.2) is 8.42 Å². The third-order valence-corrected chi connectivity index (χ3v) is 3.82. The molecule has 0 aliphatic carbocycles. The second kappa shape index (κ2) is 7.07. The first kappa shape index (κ1) is 15.4. The van der Waals surface area contributed by atoms with E-state index in [2.05, 4.69) is 10.3 Å². The molecule has 1 unspecified atom stereocenters. The van der Waals surface area contributed by atoms with Crippen molar-refractivity contribution < 1.29 is 8.42 Å². The highest BCUT2D eigenvalue weighted by Crippen LogP contribution is 2.18. The molecule has 1 aromatic rings. The van der Waals surface area contributed by atoms with Crippen LogP contribution in [0.5, 0.6) is 0 Å². The lowest BCUT2D eigenvalue weighted by Gasteiger charge is -2.17. The quantitative estimate of drug-likeness (QED) is 0.836. The molecule has 1 aromatic heterocycles. The zero-order valence-corrected chi connectivity index (χ0v) is 12.3. The molecule has 0 amide bonds. The Morgan fingerprint density at radius 3 is 2.67 bits per heavy atom. The smallest absolute Gasteiger partial charge is 0.147 e. The molecule has 0 bridgehead atoms. The minimum atomic E-state index is -2.89. The van der Waals surface area contributed by atoms with E-state index < -0.39 is 9.84 Å². The van der Waals surface area contributed by atoms with Gasteiger partial charge in [0.25, 0.3) is 0 Å². The predicted octanol–water partition coefficient (Wildman–Crippen LogP) is 2.21. The average Bonchev–Trinajstić information content (AvgIpc) is 2.27. The molecule has 18 heavy (non-hydrogen) atoms. The van der Waals surface area contributed by atoms with Crippen LogP contribution in [-0.2, 0) is 9.84 Å². The fraction of sp³-hybridized carbons (Fsp3) is 0.583. The summed E-state index contributed by atoms with van der Waals surface area (Å²) in [5, 5.41) is 3.91. The fourth-order valence-corrected chi connectivity index (χ4v) is 2.55. The molecule has 0 saturated heterocycles. The Kier molecular flexibility index (Phi) is 6.05. The van der Waals surface area contributed by atoms with E-state index in [0.717, 1.165) is 18.7 Å². The highest BCUT2D eigenvalue weighted by atomic mass is 35.5. The Hall–Kier alpha value is -0.650. The van der Waals surface area contributed by atoms with E-state index in [-0.39, 0.29) is 11.8 Å². The number of sulfone groups is 1. The lowest BCUT2D eigenvalue weighted by atomic mass is 10.1. The number of aromatic nitrogens is 1. The van der Waals surface area contributed by atoms with Crippen LogP contribution in [0.15, 0.2) is 18.3 Å². The van der Waals surface area contributed by atoms with Crippen LogP contribution in [0.4, 0.5) is 0 Å². The van der Waals surface area contributed by atoms with Crippen molar-refractivity contribution >= 4 is 21.4 Å². The van der Waals surface area contributed by atoms with Gasteiger partial charge in [-0.15, -0.1) is 0 Å². The van der Waals surface area contributed by atoms with Crippen molar-refractivity contribution in [2.45, 2.75) is 25.8 Å². The van der Waals surface area contributed by atoms with Gasteiger partial charge in [0.1, 0.15) is 9.84 Å². The number of nitrogens with one attached hydrogen (secondary N) is 1. The lowest BCUT2D eigenvalue weighted by molar-refractivity contribution is 0.496. The van der Waals surface area contributed by atoms with Crippen LogP contribution in [0.2, 0.25) is 5.02 Å². The highest BCUT2D eigenvalue weighted by Gasteiger charge is 2.12. The maximum Gasteiger partial charge on any atom is 0.147 e. The molecule has 0 radical (unpaired) electrons. The van der Waals surface area contributed by atoms with Crippen molar-refractivity contribution in [1.29, 1.82) is 0 Å². The van der Waals surface area contributed by atoms with E-state index in [0.29, 0.717) is 11.4 Å². The number of halogens is 1. The van der Waals surface area contributed by atoms with E-state index in [9.17, 15) is 8.42 Å². The van der Waals surface area contributed by atoms with Gasteiger partial charge in [-0.2, -0.15) is 0 Å². The van der Waals surface area contributed by atoms with Crippen LogP contribution in [0.25, 0.3) is 0 Å². The van der Waals surface area contributed by atoms with Crippen molar-refractivity contribution in [3.63, 3.8) is 0 Å². The van der Waals surface area contributed by atoms with Crippen molar-refractivity contribution in [2.75, 3.05) is 18.6 Å². The molecule has 102 valence electrons. The SMILES string of the molecule is CCNC(CCCS(C)(=O)=O)c1ccc(Cl)cn1. The van der Waals surface area contributed by atoms with Gasteiger partial charge in [-0.1, -0.05) is 18.5 Å². The van der Waals surface area contributed by atoms with Gasteiger partial charge >= 0.3 is 0 Å². The van der Waals surface area contributed by atoms with Crippen LogP contribution in [0.1, 0.15) is 31.5 Å². The van der Waals surface area contributed by atoms with Gasteiger partial charge in [-0.05, 0) is 31.5 Å². The van der Waals surface area contributed by atoms with Gasteiger partial charge in [0.15, 0.2) is 0 Å². The molecular formula is C12H19ClN2O2S. The Morgan fingerprint density at radius 2 is 2.17 bits per heavy atom. The number of hydrogen-bond acceptors (Lipinski definition) is 4. The van der Waals surface area contributed by atoms with Crippen molar-refractivity contribution in [3.05, 3.63) is 29.0 Å².